The average molecular weight is 633 g/mol. The molecule has 6 nitrogen and oxygen atoms in total. The fourth-order valence-corrected chi connectivity index (χ4v) is 5.00. The first-order chi connectivity index (χ1) is 22.0. The van der Waals surface area contributed by atoms with Crippen molar-refractivity contribution in [1.82, 2.24) is 0 Å². The Balaban J connectivity index is 3.90. The van der Waals surface area contributed by atoms with Gasteiger partial charge in [-0.3, -0.25) is 14.4 Å². The Morgan fingerprint density at radius 3 is 1.49 bits per heavy atom. The van der Waals surface area contributed by atoms with Gasteiger partial charge in [0.05, 0.1) is 0 Å². The number of ether oxygens (including phenoxy) is 3. The molecule has 0 saturated carbocycles. The largest absolute Gasteiger partial charge is 0.462 e. The molecule has 0 amide bonds. The van der Waals surface area contributed by atoms with Gasteiger partial charge in [0.25, 0.3) is 0 Å². The zero-order valence-electron chi connectivity index (χ0n) is 29.4. The molecular formula is C39H68O6. The van der Waals surface area contributed by atoms with E-state index in [2.05, 4.69) is 50.3 Å². The summed E-state index contributed by atoms with van der Waals surface area (Å²) in [4.78, 5) is 35.9. The molecular weight excluding hydrogens is 564 g/mol. The average Bonchev–Trinajstić information content (AvgIpc) is 3.02. The Hall–Kier alpha value is -2.37. The third kappa shape index (κ3) is 34.3. The predicted octanol–water partition coefficient (Wildman–Crippen LogP) is 11.1. The molecule has 0 heterocycles. The lowest BCUT2D eigenvalue weighted by Gasteiger charge is -2.17. The van der Waals surface area contributed by atoms with Gasteiger partial charge in [-0.15, -0.1) is 0 Å². The van der Waals surface area contributed by atoms with Crippen LogP contribution in [0, 0.1) is 0 Å². The predicted molar refractivity (Wildman–Crippen MR) is 187 cm³/mol. The first-order valence-electron chi connectivity index (χ1n) is 18.4. The van der Waals surface area contributed by atoms with Crippen molar-refractivity contribution in [3.8, 4) is 0 Å². The van der Waals surface area contributed by atoms with Crippen LogP contribution in [-0.4, -0.2) is 37.2 Å². The van der Waals surface area contributed by atoms with Gasteiger partial charge in [-0.05, 0) is 44.9 Å². The van der Waals surface area contributed by atoms with Gasteiger partial charge in [-0.25, -0.2) is 0 Å². The quantitative estimate of drug-likeness (QED) is 0.0318. The minimum absolute atomic E-state index is 0.0878. The molecule has 0 spiro atoms. The number of carbonyl (C=O) groups excluding carboxylic acids is 3. The molecule has 0 fully saturated rings. The molecule has 0 unspecified atom stereocenters. The molecule has 0 aliphatic carbocycles. The highest BCUT2D eigenvalue weighted by Crippen LogP contribution is 2.14. The third-order valence-corrected chi connectivity index (χ3v) is 7.72. The number of esters is 3. The summed E-state index contributed by atoms with van der Waals surface area (Å²) in [7, 11) is 0. The van der Waals surface area contributed by atoms with Gasteiger partial charge in [0.1, 0.15) is 13.2 Å². The summed E-state index contributed by atoms with van der Waals surface area (Å²) < 4.78 is 15.9. The summed E-state index contributed by atoms with van der Waals surface area (Å²) in [5, 5.41) is 0. The molecule has 6 heteroatoms. The summed E-state index contributed by atoms with van der Waals surface area (Å²) >= 11 is 0. The molecule has 0 aliphatic heterocycles. The van der Waals surface area contributed by atoms with E-state index in [-0.39, 0.29) is 25.2 Å². The van der Waals surface area contributed by atoms with Crippen LogP contribution < -0.4 is 0 Å². The van der Waals surface area contributed by atoms with Crippen LogP contribution in [0.2, 0.25) is 0 Å². The Labute approximate surface area is 276 Å². The van der Waals surface area contributed by atoms with Gasteiger partial charge in [-0.1, -0.05) is 147 Å². The zero-order chi connectivity index (χ0) is 33.1. The second-order valence-corrected chi connectivity index (χ2v) is 12.2. The number of carbonyl (C=O) groups is 3. The Bertz CT molecular complexity index is 784. The molecule has 0 aromatic heterocycles. The van der Waals surface area contributed by atoms with E-state index in [1.807, 2.05) is 0 Å². The van der Waals surface area contributed by atoms with Crippen LogP contribution in [0.5, 0.6) is 0 Å². The maximum absolute atomic E-state index is 12.4. The van der Waals surface area contributed by atoms with Crippen molar-refractivity contribution in [2.24, 2.45) is 0 Å². The van der Waals surface area contributed by atoms with Crippen molar-refractivity contribution in [2.45, 2.75) is 181 Å². The van der Waals surface area contributed by atoms with E-state index in [9.17, 15) is 14.4 Å². The fraction of sp³-hybridized carbons (Fsp3) is 0.769. The number of hydrogen-bond donors (Lipinski definition) is 0. The van der Waals surface area contributed by atoms with Crippen molar-refractivity contribution in [3.63, 3.8) is 0 Å². The third-order valence-electron chi connectivity index (χ3n) is 7.72. The van der Waals surface area contributed by atoms with E-state index in [4.69, 9.17) is 14.2 Å². The molecule has 0 saturated heterocycles. The van der Waals surface area contributed by atoms with Crippen molar-refractivity contribution < 1.29 is 28.6 Å². The monoisotopic (exact) mass is 633 g/mol. The van der Waals surface area contributed by atoms with Gasteiger partial charge < -0.3 is 14.2 Å². The highest BCUT2D eigenvalue weighted by molar-refractivity contribution is 5.70. The Kier molecular flexibility index (Phi) is 32.7. The molecule has 260 valence electrons. The summed E-state index contributed by atoms with van der Waals surface area (Å²) in [6.07, 6.45) is 38.7. The van der Waals surface area contributed by atoms with Gasteiger partial charge in [0, 0.05) is 19.8 Å². The number of hydrogen-bond acceptors (Lipinski definition) is 6. The van der Waals surface area contributed by atoms with Crippen LogP contribution in [0.1, 0.15) is 175 Å². The summed E-state index contributed by atoms with van der Waals surface area (Å²) in [5.41, 5.74) is 0. The topological polar surface area (TPSA) is 78.9 Å². The second-order valence-electron chi connectivity index (χ2n) is 12.2. The van der Waals surface area contributed by atoms with Gasteiger partial charge >= 0.3 is 17.9 Å². The van der Waals surface area contributed by atoms with E-state index in [0.717, 1.165) is 77.0 Å². The van der Waals surface area contributed by atoms with E-state index >= 15 is 0 Å². The molecule has 0 aromatic carbocycles. The normalized spacial score (nSPS) is 12.3. The smallest absolute Gasteiger partial charge is 0.306 e. The second kappa shape index (κ2) is 34.5. The first kappa shape index (κ1) is 42.6. The van der Waals surface area contributed by atoms with Crippen LogP contribution >= 0.6 is 0 Å². The molecule has 0 rings (SSSR count). The van der Waals surface area contributed by atoms with Crippen molar-refractivity contribution in [3.05, 3.63) is 36.5 Å². The summed E-state index contributed by atoms with van der Waals surface area (Å²) in [5.74, 6) is -1.10. The number of rotatable bonds is 32. The van der Waals surface area contributed by atoms with Crippen LogP contribution in [-0.2, 0) is 28.6 Å². The number of unbranched alkanes of at least 4 members (excludes halogenated alkanes) is 17. The van der Waals surface area contributed by atoms with E-state index < -0.39 is 12.1 Å². The Morgan fingerprint density at radius 2 is 0.956 bits per heavy atom. The van der Waals surface area contributed by atoms with Gasteiger partial charge in [0.15, 0.2) is 6.10 Å². The number of allylic oxidation sites excluding steroid dienone is 6. The van der Waals surface area contributed by atoms with Crippen LogP contribution in [0.3, 0.4) is 0 Å². The van der Waals surface area contributed by atoms with Crippen LogP contribution in [0.25, 0.3) is 0 Å². The lowest BCUT2D eigenvalue weighted by Crippen LogP contribution is -2.30. The summed E-state index contributed by atoms with van der Waals surface area (Å²) in [6.45, 7) is 5.51. The molecule has 0 radical (unpaired) electrons. The Morgan fingerprint density at radius 1 is 0.511 bits per heavy atom. The van der Waals surface area contributed by atoms with Crippen molar-refractivity contribution in [1.29, 1.82) is 0 Å². The molecule has 0 aromatic rings. The van der Waals surface area contributed by atoms with E-state index in [1.54, 1.807) is 0 Å². The van der Waals surface area contributed by atoms with Crippen molar-refractivity contribution in [2.75, 3.05) is 13.2 Å². The van der Waals surface area contributed by atoms with Crippen molar-refractivity contribution >= 4 is 17.9 Å². The highest BCUT2D eigenvalue weighted by atomic mass is 16.6. The first-order valence-corrected chi connectivity index (χ1v) is 18.4. The SMILES string of the molecule is CC/C=C\C/C=C\C/C=C\CCCCCCCC(=O)O[C@@H](COC(C)=O)COC(=O)CCCCCCCCCCCCCCC. The fourth-order valence-electron chi connectivity index (χ4n) is 5.00. The molecule has 0 N–H and O–H groups in total. The van der Waals surface area contributed by atoms with Crippen LogP contribution in [0.15, 0.2) is 36.5 Å². The standard InChI is InChI=1S/C39H68O6/c1-4-6-8-10-12-14-16-18-19-21-23-25-27-29-31-33-39(42)45-37(34-43-36(3)40)35-44-38(41)32-30-28-26-24-22-20-17-15-13-11-9-7-5-2/h6,8,12,14,18-19,37H,4-5,7,9-11,13,15-17,20-35H2,1-3H3/b8-6-,14-12-,19-18-/t37-/m0/s1. The van der Waals surface area contributed by atoms with E-state index in [1.165, 1.54) is 71.1 Å². The molecule has 0 aliphatic rings. The lowest BCUT2D eigenvalue weighted by molar-refractivity contribution is -0.166. The zero-order valence-corrected chi connectivity index (χ0v) is 29.4. The highest BCUT2D eigenvalue weighted by Gasteiger charge is 2.18. The molecule has 45 heavy (non-hydrogen) atoms. The molecule has 1 atom stereocenters. The lowest BCUT2D eigenvalue weighted by atomic mass is 10.0. The minimum Gasteiger partial charge on any atom is -0.462 e. The minimum atomic E-state index is -0.772. The van der Waals surface area contributed by atoms with Gasteiger partial charge in [0.2, 0.25) is 0 Å². The molecule has 0 bridgehead atoms. The maximum Gasteiger partial charge on any atom is 0.306 e. The van der Waals surface area contributed by atoms with Crippen LogP contribution in [0.4, 0.5) is 0 Å². The maximum atomic E-state index is 12.4. The van der Waals surface area contributed by atoms with Gasteiger partial charge in [-0.2, -0.15) is 0 Å². The summed E-state index contributed by atoms with van der Waals surface area (Å²) in [6, 6.07) is 0. The van der Waals surface area contributed by atoms with E-state index in [0.29, 0.717) is 12.8 Å².